The summed E-state index contributed by atoms with van der Waals surface area (Å²) in [5.74, 6) is -0.129. The third kappa shape index (κ3) is 11.3. The Morgan fingerprint density at radius 2 is 1.65 bits per heavy atom. The molecule has 0 bridgehead atoms. The number of thioether (sulfide) groups is 1. The number of esters is 1. The van der Waals surface area contributed by atoms with Gasteiger partial charge in [0.1, 0.15) is 13.6 Å². The fourth-order valence-corrected chi connectivity index (χ4v) is 7.54. The molecule has 1 saturated carbocycles. The van der Waals surface area contributed by atoms with Crippen LogP contribution in [0.5, 0.6) is 0 Å². The Labute approximate surface area is 279 Å². The summed E-state index contributed by atoms with van der Waals surface area (Å²) in [5.41, 5.74) is 1.57. The number of rotatable bonds is 22. The number of unbranched alkanes of at least 4 members (excludes halogenated alkanes) is 3. The Morgan fingerprint density at radius 3 is 2.30 bits per heavy atom. The average Bonchev–Trinajstić information content (AvgIpc) is 3.58. The zero-order valence-corrected chi connectivity index (χ0v) is 28.5. The minimum absolute atomic E-state index is 0.0455. The van der Waals surface area contributed by atoms with Crippen LogP contribution in [0.2, 0.25) is 0 Å². The lowest BCUT2D eigenvalue weighted by Gasteiger charge is -2.25. The van der Waals surface area contributed by atoms with Gasteiger partial charge in [-0.3, -0.25) is 4.79 Å². The predicted octanol–water partition coefficient (Wildman–Crippen LogP) is 7.85. The van der Waals surface area contributed by atoms with Gasteiger partial charge in [0.15, 0.2) is 5.72 Å². The molecule has 2 aromatic rings. The third-order valence-corrected chi connectivity index (χ3v) is 9.99. The van der Waals surface area contributed by atoms with Crippen LogP contribution in [0, 0.1) is 5.92 Å². The Bertz CT molecular complexity index is 1210. The van der Waals surface area contributed by atoms with Crippen molar-refractivity contribution in [3.05, 3.63) is 83.9 Å². The van der Waals surface area contributed by atoms with Gasteiger partial charge < -0.3 is 28.4 Å². The largest absolute Gasteiger partial charge is 0.469 e. The number of ether oxygens (including phenoxy) is 6. The summed E-state index contributed by atoms with van der Waals surface area (Å²) in [6, 6.07) is 20.3. The average molecular weight is 654 g/mol. The first kappa shape index (κ1) is 36.3. The van der Waals surface area contributed by atoms with Crippen LogP contribution in [0.25, 0.3) is 0 Å². The zero-order valence-electron chi connectivity index (χ0n) is 27.6. The number of aliphatic imine (C=N–C) groups is 1. The van der Waals surface area contributed by atoms with Gasteiger partial charge in [-0.1, -0.05) is 99.0 Å². The summed E-state index contributed by atoms with van der Waals surface area (Å²) in [7, 11) is 3.17. The van der Waals surface area contributed by atoms with E-state index in [0.29, 0.717) is 26.1 Å². The smallest absolute Gasteiger partial charge is 0.305 e. The van der Waals surface area contributed by atoms with Crippen molar-refractivity contribution in [3.8, 4) is 0 Å². The van der Waals surface area contributed by atoms with Crippen molar-refractivity contribution in [1.29, 1.82) is 0 Å². The van der Waals surface area contributed by atoms with Crippen molar-refractivity contribution < 1.29 is 33.2 Å². The van der Waals surface area contributed by atoms with Gasteiger partial charge in [0.2, 0.25) is 0 Å². The number of fused-ring (bicyclic) bond motifs is 1. The third-order valence-electron chi connectivity index (χ3n) is 8.49. The molecular weight excluding hydrogens is 602 g/mol. The van der Waals surface area contributed by atoms with Crippen LogP contribution in [0.1, 0.15) is 75.8 Å². The van der Waals surface area contributed by atoms with Crippen molar-refractivity contribution in [3.63, 3.8) is 0 Å². The molecule has 2 aromatic carbocycles. The molecule has 9 heteroatoms. The maximum Gasteiger partial charge on any atom is 0.305 e. The fourth-order valence-electron chi connectivity index (χ4n) is 5.92. The molecule has 46 heavy (non-hydrogen) atoms. The molecular formula is C37H51NO7S. The van der Waals surface area contributed by atoms with Crippen molar-refractivity contribution in [1.82, 2.24) is 0 Å². The maximum atomic E-state index is 11.6. The molecule has 2 aliphatic rings. The number of hydrogen-bond acceptors (Lipinski definition) is 9. The molecule has 4 rings (SSSR count). The van der Waals surface area contributed by atoms with Crippen molar-refractivity contribution in [2.45, 2.75) is 101 Å². The summed E-state index contributed by atoms with van der Waals surface area (Å²) >= 11 is 1.78. The Kier molecular flexibility index (Phi) is 15.8. The molecule has 0 spiro atoms. The van der Waals surface area contributed by atoms with Gasteiger partial charge in [0, 0.05) is 25.9 Å². The van der Waals surface area contributed by atoms with Crippen LogP contribution in [-0.4, -0.2) is 62.0 Å². The summed E-state index contributed by atoms with van der Waals surface area (Å²) < 4.78 is 35.4. The normalized spacial score (nSPS) is 23.0. The first-order valence-corrected chi connectivity index (χ1v) is 17.5. The molecule has 0 amide bonds. The topological polar surface area (TPSA) is 84.8 Å². The number of carbonyl (C=O) groups is 1. The Hall–Kier alpha value is -2.53. The van der Waals surface area contributed by atoms with Gasteiger partial charge in [0.05, 0.1) is 42.8 Å². The first-order valence-electron chi connectivity index (χ1n) is 16.6. The number of benzene rings is 2. The highest BCUT2D eigenvalue weighted by molar-refractivity contribution is 8.14. The second-order valence-electron chi connectivity index (χ2n) is 11.9. The lowest BCUT2D eigenvalue weighted by molar-refractivity contribution is -0.140. The van der Waals surface area contributed by atoms with Gasteiger partial charge in [-0.15, -0.1) is 11.8 Å². The number of hydrogen-bond donors (Lipinski definition) is 0. The number of nitrogens with zero attached hydrogens (tertiary/aromatic N) is 1. The zero-order chi connectivity index (χ0) is 32.5. The second kappa shape index (κ2) is 20.0. The number of methoxy groups -OCH3 is 2. The minimum Gasteiger partial charge on any atom is -0.469 e. The van der Waals surface area contributed by atoms with Crippen molar-refractivity contribution in [2.24, 2.45) is 10.9 Å². The Morgan fingerprint density at radius 1 is 0.957 bits per heavy atom. The molecule has 0 N–H and O–H groups in total. The molecule has 0 saturated heterocycles. The van der Waals surface area contributed by atoms with E-state index in [2.05, 4.69) is 31.2 Å². The van der Waals surface area contributed by atoms with E-state index in [1.54, 1.807) is 18.9 Å². The lowest BCUT2D eigenvalue weighted by Crippen LogP contribution is -2.34. The van der Waals surface area contributed by atoms with E-state index in [0.717, 1.165) is 61.1 Å². The summed E-state index contributed by atoms with van der Waals surface area (Å²) in [4.78, 5) is 16.7. The summed E-state index contributed by atoms with van der Waals surface area (Å²) in [6.45, 7) is 3.64. The molecule has 1 aliphatic heterocycles. The molecule has 1 heterocycles. The van der Waals surface area contributed by atoms with Crippen molar-refractivity contribution >= 4 is 22.8 Å². The Balaban J connectivity index is 1.41. The molecule has 252 valence electrons. The highest BCUT2D eigenvalue weighted by atomic mass is 32.2. The molecule has 0 radical (unpaired) electrons. The van der Waals surface area contributed by atoms with E-state index in [1.807, 2.05) is 48.5 Å². The molecule has 8 nitrogen and oxygen atoms in total. The second-order valence-corrected chi connectivity index (χ2v) is 13.1. The summed E-state index contributed by atoms with van der Waals surface area (Å²) in [5, 5.41) is 1.13. The van der Waals surface area contributed by atoms with E-state index in [1.165, 1.54) is 7.11 Å². The predicted molar refractivity (Wildman–Crippen MR) is 182 cm³/mol. The molecule has 1 aliphatic carbocycles. The maximum absolute atomic E-state index is 11.6. The van der Waals surface area contributed by atoms with E-state index < -0.39 is 5.72 Å². The van der Waals surface area contributed by atoms with E-state index in [9.17, 15) is 4.79 Å². The standard InChI is InChI=1S/C37H51NO7S/c1-4-5-8-19-31(44-27-42-25-29-15-9-6-10-16-29)22-23-32-33(45-28-43-26-30-17-11-7-12-18-30)24-37(41-3)36(32)46-34(38-37)20-13-14-21-35(39)40-2/h6-7,9-12,15-18,22-23,31-33,36H,4-5,8,13-14,19-21,24-28H2,1-3H3/b23-22+/t31?,32-,33+,36+,37-/m0/s1. The van der Waals surface area contributed by atoms with E-state index in [-0.39, 0.29) is 42.9 Å². The molecule has 1 fully saturated rings. The quantitative estimate of drug-likeness (QED) is 0.0550. The SMILES string of the molecule is CCCCCC(/C=C/[C@@H]1[C@H]2SC(CCCCC(=O)OC)=N[C@]2(OC)C[C@H]1OCOCc1ccccc1)OCOCc1ccccc1. The van der Waals surface area contributed by atoms with Gasteiger partial charge in [-0.25, -0.2) is 4.99 Å². The van der Waals surface area contributed by atoms with Crippen molar-refractivity contribution in [2.75, 3.05) is 27.8 Å². The monoisotopic (exact) mass is 653 g/mol. The van der Waals surface area contributed by atoms with Crippen LogP contribution >= 0.6 is 11.8 Å². The van der Waals surface area contributed by atoms with Crippen LogP contribution in [0.15, 0.2) is 77.8 Å². The van der Waals surface area contributed by atoms with Crippen LogP contribution < -0.4 is 0 Å². The van der Waals surface area contributed by atoms with Gasteiger partial charge >= 0.3 is 5.97 Å². The molecule has 1 unspecified atom stereocenters. The van der Waals surface area contributed by atoms with Gasteiger partial charge in [0.25, 0.3) is 0 Å². The van der Waals surface area contributed by atoms with Crippen LogP contribution in [0.3, 0.4) is 0 Å². The van der Waals surface area contributed by atoms with Gasteiger partial charge in [-0.05, 0) is 36.8 Å². The highest BCUT2D eigenvalue weighted by Crippen LogP contribution is 2.52. The minimum atomic E-state index is -0.668. The van der Waals surface area contributed by atoms with Gasteiger partial charge in [-0.2, -0.15) is 0 Å². The van der Waals surface area contributed by atoms with E-state index in [4.69, 9.17) is 33.4 Å². The molecule has 0 aromatic heterocycles. The van der Waals surface area contributed by atoms with E-state index >= 15 is 0 Å². The summed E-state index contributed by atoms with van der Waals surface area (Å²) in [6.07, 6.45) is 12.1. The lowest BCUT2D eigenvalue weighted by atomic mass is 10.0. The highest BCUT2D eigenvalue weighted by Gasteiger charge is 2.58. The first-order chi connectivity index (χ1) is 22.6. The fraction of sp³-hybridized carbons (Fsp3) is 0.568. The van der Waals surface area contributed by atoms with Crippen LogP contribution in [-0.2, 0) is 46.4 Å². The number of carbonyl (C=O) groups excluding carboxylic acids is 1. The van der Waals surface area contributed by atoms with Crippen LogP contribution in [0.4, 0.5) is 0 Å². The molecule has 5 atom stereocenters.